The number of benzene rings is 1. The number of carbonyl (C=O) groups excluding carboxylic acids is 1. The Morgan fingerprint density at radius 1 is 1.22 bits per heavy atom. The zero-order valence-electron chi connectivity index (χ0n) is 15.0. The first-order chi connectivity index (χ1) is 13.0. The molecule has 138 valence electrons. The Morgan fingerprint density at radius 2 is 2.04 bits per heavy atom. The molecule has 0 spiro atoms. The number of rotatable bonds is 5. The molecular formula is C19H19N5O3. The minimum absolute atomic E-state index is 0.0280. The summed E-state index contributed by atoms with van der Waals surface area (Å²) in [7, 11) is 0. The summed E-state index contributed by atoms with van der Waals surface area (Å²) < 4.78 is 7.85. The molecule has 0 radical (unpaired) electrons. The Balaban J connectivity index is 1.72. The molecule has 0 atom stereocenters. The maximum absolute atomic E-state index is 12.9. The van der Waals surface area contributed by atoms with E-state index in [0.717, 1.165) is 10.9 Å². The molecular weight excluding hydrogens is 346 g/mol. The van der Waals surface area contributed by atoms with Crippen LogP contribution in [0.3, 0.4) is 0 Å². The van der Waals surface area contributed by atoms with E-state index in [1.54, 1.807) is 18.4 Å². The van der Waals surface area contributed by atoms with E-state index >= 15 is 0 Å². The first-order valence-electron chi connectivity index (χ1n) is 8.72. The largest absolute Gasteiger partial charge is 0.467 e. The SMILES string of the molecule is CC(C)c1nc2ccccc2c2nn(CC(=O)NCc3ccco3)c(=O)n12. The molecule has 0 fully saturated rings. The fraction of sp³-hybridized carbons (Fsp3) is 0.263. The number of fused-ring (bicyclic) bond motifs is 3. The van der Waals surface area contributed by atoms with Crippen LogP contribution in [0.2, 0.25) is 0 Å². The Labute approximate surface area is 154 Å². The molecule has 1 amide bonds. The van der Waals surface area contributed by atoms with Gasteiger partial charge in [-0.3, -0.25) is 4.79 Å². The first-order valence-corrected chi connectivity index (χ1v) is 8.72. The summed E-state index contributed by atoms with van der Waals surface area (Å²) in [6, 6.07) is 11.0. The third kappa shape index (κ3) is 3.10. The van der Waals surface area contributed by atoms with E-state index in [1.807, 2.05) is 38.1 Å². The van der Waals surface area contributed by atoms with E-state index in [2.05, 4.69) is 15.4 Å². The van der Waals surface area contributed by atoms with E-state index in [0.29, 0.717) is 17.2 Å². The highest BCUT2D eigenvalue weighted by atomic mass is 16.3. The molecule has 3 aromatic heterocycles. The predicted octanol–water partition coefficient (Wildman–Crippen LogP) is 2.08. The predicted molar refractivity (Wildman–Crippen MR) is 99.4 cm³/mol. The number of hydrogen-bond acceptors (Lipinski definition) is 5. The fourth-order valence-corrected chi connectivity index (χ4v) is 3.00. The minimum Gasteiger partial charge on any atom is -0.467 e. The van der Waals surface area contributed by atoms with Gasteiger partial charge in [-0.1, -0.05) is 26.0 Å². The fourth-order valence-electron chi connectivity index (χ4n) is 3.00. The summed E-state index contributed by atoms with van der Waals surface area (Å²) in [5.74, 6) is 0.972. The number of nitrogens with zero attached hydrogens (tertiary/aromatic N) is 4. The van der Waals surface area contributed by atoms with E-state index in [-0.39, 0.29) is 30.6 Å². The molecule has 0 aliphatic rings. The highest BCUT2D eigenvalue weighted by Gasteiger charge is 2.18. The van der Waals surface area contributed by atoms with Crippen molar-refractivity contribution in [1.82, 2.24) is 24.5 Å². The molecule has 0 aliphatic carbocycles. The smallest absolute Gasteiger partial charge is 0.352 e. The van der Waals surface area contributed by atoms with Gasteiger partial charge in [0.15, 0.2) is 5.65 Å². The maximum atomic E-state index is 12.9. The maximum Gasteiger partial charge on any atom is 0.352 e. The molecule has 0 aliphatic heterocycles. The van der Waals surface area contributed by atoms with Crippen LogP contribution in [0.4, 0.5) is 0 Å². The topological polar surface area (TPSA) is 94.4 Å². The quantitative estimate of drug-likeness (QED) is 0.584. The van der Waals surface area contributed by atoms with Gasteiger partial charge in [-0.15, -0.1) is 5.10 Å². The Hall–Kier alpha value is -3.42. The monoisotopic (exact) mass is 365 g/mol. The lowest BCUT2D eigenvalue weighted by molar-refractivity contribution is -0.122. The van der Waals surface area contributed by atoms with Gasteiger partial charge < -0.3 is 9.73 Å². The zero-order chi connectivity index (χ0) is 19.0. The van der Waals surface area contributed by atoms with Gasteiger partial charge in [-0.2, -0.15) is 0 Å². The number of aromatic nitrogens is 4. The van der Waals surface area contributed by atoms with Gasteiger partial charge >= 0.3 is 5.69 Å². The van der Waals surface area contributed by atoms with Gasteiger partial charge in [-0.05, 0) is 24.3 Å². The molecule has 4 aromatic rings. The normalized spacial score (nSPS) is 11.5. The van der Waals surface area contributed by atoms with Crippen molar-refractivity contribution in [3.8, 4) is 0 Å². The lowest BCUT2D eigenvalue weighted by Gasteiger charge is -2.08. The summed E-state index contributed by atoms with van der Waals surface area (Å²) in [6.45, 7) is 4.02. The molecule has 0 unspecified atom stereocenters. The van der Waals surface area contributed by atoms with E-state index in [4.69, 9.17) is 4.42 Å². The van der Waals surface area contributed by atoms with Crippen molar-refractivity contribution < 1.29 is 9.21 Å². The average Bonchev–Trinajstić information content (AvgIpc) is 3.28. The second-order valence-electron chi connectivity index (χ2n) is 6.60. The summed E-state index contributed by atoms with van der Waals surface area (Å²) in [5.41, 5.74) is 0.904. The van der Waals surface area contributed by atoms with Gasteiger partial charge in [0.25, 0.3) is 0 Å². The van der Waals surface area contributed by atoms with Crippen LogP contribution in [0, 0.1) is 0 Å². The zero-order valence-corrected chi connectivity index (χ0v) is 15.0. The number of carbonyl (C=O) groups is 1. The van der Waals surface area contributed by atoms with Crippen LogP contribution in [0.25, 0.3) is 16.6 Å². The summed E-state index contributed by atoms with van der Waals surface area (Å²) in [4.78, 5) is 29.8. The van der Waals surface area contributed by atoms with Crippen LogP contribution in [0.5, 0.6) is 0 Å². The number of furan rings is 1. The van der Waals surface area contributed by atoms with Crippen molar-refractivity contribution in [3.05, 3.63) is 64.7 Å². The van der Waals surface area contributed by atoms with Crippen molar-refractivity contribution in [1.29, 1.82) is 0 Å². The Kier molecular flexibility index (Phi) is 4.23. The summed E-state index contributed by atoms with van der Waals surface area (Å²) in [5, 5.41) is 7.91. The molecule has 1 N–H and O–H groups in total. The lowest BCUT2D eigenvalue weighted by Crippen LogP contribution is -2.32. The van der Waals surface area contributed by atoms with Crippen molar-refractivity contribution in [2.75, 3.05) is 0 Å². The summed E-state index contributed by atoms with van der Waals surface area (Å²) in [6.07, 6.45) is 1.54. The molecule has 1 aromatic carbocycles. The van der Waals surface area contributed by atoms with Crippen LogP contribution >= 0.6 is 0 Å². The van der Waals surface area contributed by atoms with Crippen LogP contribution < -0.4 is 11.0 Å². The van der Waals surface area contributed by atoms with Gasteiger partial charge in [0.1, 0.15) is 18.1 Å². The van der Waals surface area contributed by atoms with Crippen molar-refractivity contribution in [2.24, 2.45) is 0 Å². The molecule has 8 nitrogen and oxygen atoms in total. The molecule has 0 saturated heterocycles. The number of para-hydroxylation sites is 1. The van der Waals surface area contributed by atoms with Crippen LogP contribution in [0.15, 0.2) is 51.9 Å². The molecule has 27 heavy (non-hydrogen) atoms. The third-order valence-electron chi connectivity index (χ3n) is 4.30. The first kappa shape index (κ1) is 17.0. The highest BCUT2D eigenvalue weighted by molar-refractivity contribution is 5.91. The lowest BCUT2D eigenvalue weighted by atomic mass is 10.2. The van der Waals surface area contributed by atoms with Crippen molar-refractivity contribution in [3.63, 3.8) is 0 Å². The number of amides is 1. The second kappa shape index (κ2) is 6.71. The minimum atomic E-state index is -0.375. The highest BCUT2D eigenvalue weighted by Crippen LogP contribution is 2.20. The van der Waals surface area contributed by atoms with Crippen LogP contribution in [-0.4, -0.2) is 25.1 Å². The molecule has 8 heteroatoms. The Morgan fingerprint density at radius 3 is 2.78 bits per heavy atom. The van der Waals surface area contributed by atoms with Gasteiger partial charge in [0.05, 0.1) is 18.3 Å². The molecule has 4 rings (SSSR count). The molecule has 0 bridgehead atoms. The van der Waals surface area contributed by atoms with Crippen molar-refractivity contribution >= 4 is 22.5 Å². The summed E-state index contributed by atoms with van der Waals surface area (Å²) >= 11 is 0. The second-order valence-corrected chi connectivity index (χ2v) is 6.60. The molecule has 0 saturated carbocycles. The third-order valence-corrected chi connectivity index (χ3v) is 4.30. The Bertz CT molecular complexity index is 1170. The number of hydrogen-bond donors (Lipinski definition) is 1. The average molecular weight is 365 g/mol. The number of nitrogens with one attached hydrogen (secondary N) is 1. The van der Waals surface area contributed by atoms with Gasteiger partial charge in [-0.25, -0.2) is 18.9 Å². The van der Waals surface area contributed by atoms with Crippen LogP contribution in [0.1, 0.15) is 31.4 Å². The van der Waals surface area contributed by atoms with E-state index in [1.165, 1.54) is 9.08 Å². The van der Waals surface area contributed by atoms with Crippen LogP contribution in [-0.2, 0) is 17.9 Å². The standard InChI is InChI=1S/C19H19N5O3/c1-12(2)17-21-15-8-4-3-7-14(15)18-22-23(19(26)24(17)18)11-16(25)20-10-13-6-5-9-27-13/h3-9,12H,10-11H2,1-2H3,(H,20,25). The van der Waals surface area contributed by atoms with Gasteiger partial charge in [0.2, 0.25) is 5.91 Å². The van der Waals surface area contributed by atoms with Crippen molar-refractivity contribution in [2.45, 2.75) is 32.9 Å². The molecule has 3 heterocycles. The van der Waals surface area contributed by atoms with E-state index < -0.39 is 0 Å². The van der Waals surface area contributed by atoms with E-state index in [9.17, 15) is 9.59 Å². The van der Waals surface area contributed by atoms with Gasteiger partial charge in [0, 0.05) is 11.3 Å².